The lowest BCUT2D eigenvalue weighted by Crippen LogP contribution is -2.24. The molecule has 0 aliphatic heterocycles. The Kier molecular flexibility index (Phi) is 4.89. The van der Waals surface area contributed by atoms with E-state index < -0.39 is 6.09 Å². The highest BCUT2D eigenvalue weighted by molar-refractivity contribution is 5.90. The zero-order chi connectivity index (χ0) is 12.7. The Labute approximate surface area is 101 Å². The topological polar surface area (TPSA) is 52.6 Å². The lowest BCUT2D eigenvalue weighted by molar-refractivity contribution is 0.203. The SMILES string of the molecule is C#CCCCNc1ccccc1N(C)C(=O)O. The number of anilines is 2. The van der Waals surface area contributed by atoms with Crippen LogP contribution in [-0.2, 0) is 0 Å². The van der Waals surface area contributed by atoms with Crippen molar-refractivity contribution in [1.29, 1.82) is 0 Å². The van der Waals surface area contributed by atoms with E-state index in [1.54, 1.807) is 12.1 Å². The van der Waals surface area contributed by atoms with E-state index in [9.17, 15) is 4.79 Å². The predicted octanol–water partition coefficient (Wildman–Crippen LogP) is 2.63. The van der Waals surface area contributed by atoms with Crippen LogP contribution >= 0.6 is 0 Å². The standard InChI is InChI=1S/C13H16N2O2/c1-3-4-7-10-14-11-8-5-6-9-12(11)15(2)13(16)17/h1,5-6,8-9,14H,4,7,10H2,2H3,(H,16,17). The summed E-state index contributed by atoms with van der Waals surface area (Å²) < 4.78 is 0. The highest BCUT2D eigenvalue weighted by Crippen LogP contribution is 2.24. The van der Waals surface area contributed by atoms with Crippen LogP contribution in [0, 0.1) is 12.3 Å². The van der Waals surface area contributed by atoms with Crippen molar-refractivity contribution in [3.8, 4) is 12.3 Å². The first kappa shape index (κ1) is 12.9. The molecule has 0 saturated heterocycles. The molecule has 1 aromatic rings. The number of nitrogens with zero attached hydrogens (tertiary/aromatic N) is 1. The van der Waals surface area contributed by atoms with Gasteiger partial charge in [-0.25, -0.2) is 4.79 Å². The number of amides is 1. The first-order valence-corrected chi connectivity index (χ1v) is 5.40. The van der Waals surface area contributed by atoms with Crippen LogP contribution in [0.15, 0.2) is 24.3 Å². The van der Waals surface area contributed by atoms with E-state index in [0.29, 0.717) is 12.1 Å². The maximum atomic E-state index is 10.9. The van der Waals surface area contributed by atoms with Crippen molar-refractivity contribution >= 4 is 17.5 Å². The van der Waals surface area contributed by atoms with Gasteiger partial charge in [0.1, 0.15) is 0 Å². The minimum absolute atomic E-state index is 0.640. The van der Waals surface area contributed by atoms with E-state index in [1.807, 2.05) is 12.1 Å². The maximum Gasteiger partial charge on any atom is 0.411 e. The molecule has 2 N–H and O–H groups in total. The largest absolute Gasteiger partial charge is 0.465 e. The molecule has 4 heteroatoms. The monoisotopic (exact) mass is 232 g/mol. The highest BCUT2D eigenvalue weighted by Gasteiger charge is 2.11. The van der Waals surface area contributed by atoms with Crippen molar-refractivity contribution < 1.29 is 9.90 Å². The summed E-state index contributed by atoms with van der Waals surface area (Å²) in [5.74, 6) is 2.57. The molecule has 0 radical (unpaired) electrons. The fraction of sp³-hybridized carbons (Fsp3) is 0.308. The van der Waals surface area contributed by atoms with E-state index in [0.717, 1.165) is 18.7 Å². The molecule has 0 aliphatic rings. The number of para-hydroxylation sites is 2. The Hall–Kier alpha value is -2.15. The van der Waals surface area contributed by atoms with E-state index in [2.05, 4.69) is 11.2 Å². The minimum atomic E-state index is -0.983. The van der Waals surface area contributed by atoms with Crippen LogP contribution in [0.25, 0.3) is 0 Å². The summed E-state index contributed by atoms with van der Waals surface area (Å²) >= 11 is 0. The molecule has 0 fully saturated rings. The Morgan fingerprint density at radius 2 is 2.24 bits per heavy atom. The summed E-state index contributed by atoms with van der Waals surface area (Å²) in [5, 5.41) is 12.1. The smallest absolute Gasteiger partial charge is 0.411 e. The molecule has 1 aromatic carbocycles. The fourth-order valence-electron chi connectivity index (χ4n) is 1.43. The normalized spacial score (nSPS) is 9.41. The minimum Gasteiger partial charge on any atom is -0.465 e. The Bertz CT molecular complexity index is 424. The van der Waals surface area contributed by atoms with Gasteiger partial charge in [0, 0.05) is 20.0 Å². The van der Waals surface area contributed by atoms with E-state index in [-0.39, 0.29) is 0 Å². The van der Waals surface area contributed by atoms with Crippen LogP contribution in [0.4, 0.5) is 16.2 Å². The van der Waals surface area contributed by atoms with Crippen LogP contribution in [-0.4, -0.2) is 24.8 Å². The van der Waals surface area contributed by atoms with Gasteiger partial charge in [-0.3, -0.25) is 4.90 Å². The van der Waals surface area contributed by atoms with Gasteiger partial charge >= 0.3 is 6.09 Å². The van der Waals surface area contributed by atoms with Crippen LogP contribution < -0.4 is 10.2 Å². The number of nitrogens with one attached hydrogen (secondary N) is 1. The summed E-state index contributed by atoms with van der Waals surface area (Å²) in [5.41, 5.74) is 1.44. The molecule has 0 aliphatic carbocycles. The zero-order valence-corrected chi connectivity index (χ0v) is 9.81. The molecule has 0 spiro atoms. The first-order valence-electron chi connectivity index (χ1n) is 5.40. The Balaban J connectivity index is 2.71. The number of rotatable bonds is 5. The molecule has 0 saturated carbocycles. The maximum absolute atomic E-state index is 10.9. The fourth-order valence-corrected chi connectivity index (χ4v) is 1.43. The number of carboxylic acid groups (broad SMARTS) is 1. The summed E-state index contributed by atoms with van der Waals surface area (Å²) in [7, 11) is 1.52. The second-order valence-corrected chi connectivity index (χ2v) is 3.59. The molecule has 0 unspecified atom stereocenters. The van der Waals surface area contributed by atoms with Gasteiger partial charge in [0.15, 0.2) is 0 Å². The molecule has 4 nitrogen and oxygen atoms in total. The lowest BCUT2D eigenvalue weighted by atomic mass is 10.2. The third kappa shape index (κ3) is 3.72. The Morgan fingerprint density at radius 1 is 1.53 bits per heavy atom. The molecule has 0 bridgehead atoms. The average Bonchev–Trinajstić information content (AvgIpc) is 2.34. The van der Waals surface area contributed by atoms with Crippen LogP contribution in [0.1, 0.15) is 12.8 Å². The van der Waals surface area contributed by atoms with Crippen molar-refractivity contribution in [1.82, 2.24) is 0 Å². The predicted molar refractivity (Wildman–Crippen MR) is 69.4 cm³/mol. The van der Waals surface area contributed by atoms with Gasteiger partial charge in [-0.05, 0) is 18.6 Å². The van der Waals surface area contributed by atoms with Crippen molar-refractivity contribution in [2.75, 3.05) is 23.8 Å². The van der Waals surface area contributed by atoms with Gasteiger partial charge in [-0.2, -0.15) is 0 Å². The summed E-state index contributed by atoms with van der Waals surface area (Å²) in [6.45, 7) is 0.731. The Morgan fingerprint density at radius 3 is 2.88 bits per heavy atom. The summed E-state index contributed by atoms with van der Waals surface area (Å²) in [6, 6.07) is 7.28. The molecule has 1 amide bonds. The third-order valence-corrected chi connectivity index (χ3v) is 2.37. The molecular weight excluding hydrogens is 216 g/mol. The van der Waals surface area contributed by atoms with Crippen LogP contribution in [0.2, 0.25) is 0 Å². The average molecular weight is 232 g/mol. The molecule has 0 aromatic heterocycles. The molecular formula is C13H16N2O2. The van der Waals surface area contributed by atoms with Gasteiger partial charge in [0.05, 0.1) is 11.4 Å². The molecule has 1 rings (SSSR count). The summed E-state index contributed by atoms with van der Waals surface area (Å²) in [6.07, 6.45) is 5.75. The number of terminal acetylenes is 1. The van der Waals surface area contributed by atoms with Gasteiger partial charge in [0.2, 0.25) is 0 Å². The van der Waals surface area contributed by atoms with Gasteiger partial charge in [-0.15, -0.1) is 12.3 Å². The highest BCUT2D eigenvalue weighted by atomic mass is 16.4. The van der Waals surface area contributed by atoms with E-state index in [1.165, 1.54) is 11.9 Å². The molecule has 0 atom stereocenters. The second kappa shape index (κ2) is 6.44. The van der Waals surface area contributed by atoms with Crippen LogP contribution in [0.3, 0.4) is 0 Å². The van der Waals surface area contributed by atoms with Gasteiger partial charge in [0.25, 0.3) is 0 Å². The zero-order valence-electron chi connectivity index (χ0n) is 9.81. The number of carbonyl (C=O) groups is 1. The first-order chi connectivity index (χ1) is 8.16. The van der Waals surface area contributed by atoms with Crippen LogP contribution in [0.5, 0.6) is 0 Å². The van der Waals surface area contributed by atoms with Gasteiger partial charge in [-0.1, -0.05) is 12.1 Å². The molecule has 17 heavy (non-hydrogen) atoms. The van der Waals surface area contributed by atoms with Crippen molar-refractivity contribution in [3.05, 3.63) is 24.3 Å². The molecule has 90 valence electrons. The van der Waals surface area contributed by atoms with Crippen molar-refractivity contribution in [2.45, 2.75) is 12.8 Å². The second-order valence-electron chi connectivity index (χ2n) is 3.59. The van der Waals surface area contributed by atoms with E-state index >= 15 is 0 Å². The van der Waals surface area contributed by atoms with Crippen molar-refractivity contribution in [3.63, 3.8) is 0 Å². The number of hydrogen-bond donors (Lipinski definition) is 2. The van der Waals surface area contributed by atoms with Gasteiger partial charge < -0.3 is 10.4 Å². The summed E-state index contributed by atoms with van der Waals surface area (Å²) in [4.78, 5) is 12.1. The molecule has 0 heterocycles. The van der Waals surface area contributed by atoms with E-state index in [4.69, 9.17) is 11.5 Å². The number of benzene rings is 1. The quantitative estimate of drug-likeness (QED) is 0.606. The number of hydrogen-bond acceptors (Lipinski definition) is 2. The number of unbranched alkanes of at least 4 members (excludes halogenated alkanes) is 1. The lowest BCUT2D eigenvalue weighted by Gasteiger charge is -2.18. The van der Waals surface area contributed by atoms with Crippen molar-refractivity contribution in [2.24, 2.45) is 0 Å². The third-order valence-electron chi connectivity index (χ3n) is 2.37.